The topological polar surface area (TPSA) is 67.6 Å². The number of likely N-dealkylation sites (tertiary alicyclic amines) is 1. The number of carbonyl (C=O) groups excluding carboxylic acids is 1. The molecule has 0 unspecified atom stereocenters. The van der Waals surface area contributed by atoms with Crippen LogP contribution in [0.2, 0.25) is 0 Å². The Morgan fingerprint density at radius 3 is 2.85 bits per heavy atom. The van der Waals surface area contributed by atoms with E-state index in [0.717, 1.165) is 25.9 Å². The molecule has 0 radical (unpaired) electrons. The van der Waals surface area contributed by atoms with Crippen molar-refractivity contribution >= 4 is 11.6 Å². The third kappa shape index (κ3) is 3.60. The maximum absolute atomic E-state index is 12.4. The first kappa shape index (κ1) is 14.6. The monoisotopic (exact) mass is 281 g/mol. The summed E-state index contributed by atoms with van der Waals surface area (Å²) < 4.78 is 17.2. The molecule has 1 heterocycles. The normalized spacial score (nSPS) is 16.9. The minimum absolute atomic E-state index is 0.148. The number of halogens is 1. The van der Waals surface area contributed by atoms with Crippen molar-refractivity contribution in [2.45, 2.75) is 18.9 Å². The summed E-state index contributed by atoms with van der Waals surface area (Å²) in [5.74, 6) is -0.0686. The smallest absolute Gasteiger partial charge is 0.255 e. The van der Waals surface area contributed by atoms with Crippen LogP contribution >= 0.6 is 0 Å². The molecule has 6 heteroatoms. The molecule has 1 aromatic rings. The molecule has 1 aliphatic rings. The lowest BCUT2D eigenvalue weighted by molar-refractivity contribution is 0.0909. The number of alkyl halides is 1. The molecule has 1 aliphatic heterocycles. The van der Waals surface area contributed by atoms with Crippen LogP contribution in [0.4, 0.5) is 10.1 Å². The lowest BCUT2D eigenvalue weighted by Gasteiger charge is -2.29. The van der Waals surface area contributed by atoms with Crippen LogP contribution < -0.4 is 15.8 Å². The fraction of sp³-hybridized carbons (Fsp3) is 0.500. The summed E-state index contributed by atoms with van der Waals surface area (Å²) in [6, 6.07) is 4.78. The van der Waals surface area contributed by atoms with E-state index in [1.165, 1.54) is 6.07 Å². The van der Waals surface area contributed by atoms with Crippen molar-refractivity contribution in [3.8, 4) is 5.75 Å². The van der Waals surface area contributed by atoms with E-state index in [9.17, 15) is 9.18 Å². The van der Waals surface area contributed by atoms with E-state index in [0.29, 0.717) is 11.3 Å². The lowest BCUT2D eigenvalue weighted by Crippen LogP contribution is -2.43. The van der Waals surface area contributed by atoms with Crippen molar-refractivity contribution in [2.24, 2.45) is 0 Å². The molecule has 0 bridgehead atoms. The second-order valence-corrected chi connectivity index (χ2v) is 5.06. The van der Waals surface area contributed by atoms with Crippen molar-refractivity contribution in [2.75, 3.05) is 32.7 Å². The van der Waals surface area contributed by atoms with Gasteiger partial charge in [-0.25, -0.2) is 4.39 Å². The minimum Gasteiger partial charge on any atom is -0.462 e. The molecular weight excluding hydrogens is 261 g/mol. The van der Waals surface area contributed by atoms with Crippen LogP contribution in [0, 0.1) is 0 Å². The molecule has 0 spiro atoms. The molecular formula is C14H20FN3O2. The van der Waals surface area contributed by atoms with Gasteiger partial charge in [0.15, 0.2) is 0 Å². The predicted octanol–water partition coefficient (Wildman–Crippen LogP) is 1.40. The Kier molecular flexibility index (Phi) is 4.79. The summed E-state index contributed by atoms with van der Waals surface area (Å²) in [5.41, 5.74) is 6.37. The number of nitrogen functional groups attached to an aromatic ring is 1. The molecule has 1 fully saturated rings. The van der Waals surface area contributed by atoms with Crippen molar-refractivity contribution in [1.82, 2.24) is 10.2 Å². The summed E-state index contributed by atoms with van der Waals surface area (Å²) in [5, 5.41) is 2.97. The zero-order chi connectivity index (χ0) is 14.5. The molecule has 0 atom stereocenters. The van der Waals surface area contributed by atoms with Gasteiger partial charge >= 0.3 is 0 Å². The number of amides is 1. The van der Waals surface area contributed by atoms with Crippen LogP contribution in [0.25, 0.3) is 0 Å². The van der Waals surface area contributed by atoms with E-state index < -0.39 is 6.86 Å². The average Bonchev–Trinajstić information content (AvgIpc) is 2.42. The number of nitrogens with zero attached hydrogens (tertiary/aromatic N) is 1. The number of hydrogen-bond acceptors (Lipinski definition) is 4. The highest BCUT2D eigenvalue weighted by atomic mass is 19.1. The SMILES string of the molecule is CN1CCC(NC(=O)c2ccc(N)cc2OCF)CC1. The first-order valence-corrected chi connectivity index (χ1v) is 6.68. The number of nitrogens with one attached hydrogen (secondary N) is 1. The van der Waals surface area contributed by atoms with Crippen LogP contribution in [0.1, 0.15) is 23.2 Å². The standard InChI is InChI=1S/C14H20FN3O2/c1-18-6-4-11(5-7-18)17-14(19)12-3-2-10(16)8-13(12)20-9-15/h2-3,8,11H,4-7,9,16H2,1H3,(H,17,19). The summed E-state index contributed by atoms with van der Waals surface area (Å²) in [4.78, 5) is 14.5. The van der Waals surface area contributed by atoms with E-state index >= 15 is 0 Å². The molecule has 2 rings (SSSR count). The van der Waals surface area contributed by atoms with Gasteiger partial charge in [-0.2, -0.15) is 0 Å². The Balaban J connectivity index is 2.05. The Bertz CT molecular complexity index is 473. The summed E-state index contributed by atoms with van der Waals surface area (Å²) in [6.45, 7) is 0.930. The lowest BCUT2D eigenvalue weighted by atomic mass is 10.0. The highest BCUT2D eigenvalue weighted by molar-refractivity contribution is 5.97. The van der Waals surface area contributed by atoms with Gasteiger partial charge in [-0.05, 0) is 45.1 Å². The Labute approximate surface area is 117 Å². The minimum atomic E-state index is -0.988. The van der Waals surface area contributed by atoms with Gasteiger partial charge < -0.3 is 20.7 Å². The molecule has 0 saturated carbocycles. The summed E-state index contributed by atoms with van der Waals surface area (Å²) >= 11 is 0. The second kappa shape index (κ2) is 6.56. The van der Waals surface area contributed by atoms with Crippen LogP contribution in [0.3, 0.4) is 0 Å². The molecule has 110 valence electrons. The number of piperidine rings is 1. The van der Waals surface area contributed by atoms with E-state index in [2.05, 4.69) is 17.3 Å². The number of benzene rings is 1. The Hall–Kier alpha value is -1.82. The number of ether oxygens (including phenoxy) is 1. The Morgan fingerprint density at radius 1 is 1.50 bits per heavy atom. The van der Waals surface area contributed by atoms with Gasteiger partial charge in [0.05, 0.1) is 5.56 Å². The van der Waals surface area contributed by atoms with Gasteiger partial charge in [0.2, 0.25) is 6.86 Å². The van der Waals surface area contributed by atoms with Crippen LogP contribution in [0.15, 0.2) is 18.2 Å². The molecule has 1 saturated heterocycles. The quantitative estimate of drug-likeness (QED) is 0.819. The largest absolute Gasteiger partial charge is 0.462 e. The van der Waals surface area contributed by atoms with Crippen LogP contribution in [0.5, 0.6) is 5.75 Å². The highest BCUT2D eigenvalue weighted by Crippen LogP contribution is 2.22. The fourth-order valence-corrected chi connectivity index (χ4v) is 2.32. The summed E-state index contributed by atoms with van der Waals surface area (Å²) in [6.07, 6.45) is 1.83. The van der Waals surface area contributed by atoms with Gasteiger partial charge in [0, 0.05) is 17.8 Å². The van der Waals surface area contributed by atoms with Crippen molar-refractivity contribution < 1.29 is 13.9 Å². The zero-order valence-corrected chi connectivity index (χ0v) is 11.6. The first-order chi connectivity index (χ1) is 9.60. The third-order valence-electron chi connectivity index (χ3n) is 3.51. The maximum atomic E-state index is 12.4. The van der Waals surface area contributed by atoms with Crippen LogP contribution in [-0.2, 0) is 0 Å². The highest BCUT2D eigenvalue weighted by Gasteiger charge is 2.21. The van der Waals surface area contributed by atoms with Gasteiger partial charge in [-0.3, -0.25) is 4.79 Å². The van der Waals surface area contributed by atoms with Gasteiger partial charge in [0.1, 0.15) is 5.75 Å². The predicted molar refractivity (Wildman–Crippen MR) is 75.4 cm³/mol. The van der Waals surface area contributed by atoms with Crippen molar-refractivity contribution in [3.63, 3.8) is 0 Å². The van der Waals surface area contributed by atoms with Crippen molar-refractivity contribution in [3.05, 3.63) is 23.8 Å². The van der Waals surface area contributed by atoms with Gasteiger partial charge in [0.25, 0.3) is 5.91 Å². The molecule has 5 nitrogen and oxygen atoms in total. The molecule has 3 N–H and O–H groups in total. The molecule has 1 aromatic carbocycles. The maximum Gasteiger partial charge on any atom is 0.255 e. The molecule has 20 heavy (non-hydrogen) atoms. The van der Waals surface area contributed by atoms with E-state index in [-0.39, 0.29) is 17.7 Å². The summed E-state index contributed by atoms with van der Waals surface area (Å²) in [7, 11) is 2.06. The first-order valence-electron chi connectivity index (χ1n) is 6.68. The number of nitrogens with two attached hydrogens (primary N) is 1. The van der Waals surface area contributed by atoms with Gasteiger partial charge in [-0.15, -0.1) is 0 Å². The number of carbonyl (C=O) groups is 1. The average molecular weight is 281 g/mol. The number of rotatable bonds is 4. The number of hydrogen-bond donors (Lipinski definition) is 2. The van der Waals surface area contributed by atoms with E-state index in [4.69, 9.17) is 10.5 Å². The van der Waals surface area contributed by atoms with E-state index in [1.807, 2.05) is 0 Å². The zero-order valence-electron chi connectivity index (χ0n) is 11.6. The van der Waals surface area contributed by atoms with Crippen LogP contribution in [-0.4, -0.2) is 43.8 Å². The second-order valence-electron chi connectivity index (χ2n) is 5.06. The molecule has 0 aromatic heterocycles. The van der Waals surface area contributed by atoms with Crippen molar-refractivity contribution in [1.29, 1.82) is 0 Å². The number of anilines is 1. The Morgan fingerprint density at radius 2 is 2.20 bits per heavy atom. The fourth-order valence-electron chi connectivity index (χ4n) is 2.32. The molecule has 1 amide bonds. The third-order valence-corrected chi connectivity index (χ3v) is 3.51. The van der Waals surface area contributed by atoms with E-state index in [1.54, 1.807) is 12.1 Å². The molecule has 0 aliphatic carbocycles. The van der Waals surface area contributed by atoms with Gasteiger partial charge in [-0.1, -0.05) is 0 Å².